The third kappa shape index (κ3) is 4.34. The van der Waals surface area contributed by atoms with Crippen LogP contribution in [0, 0.1) is 5.82 Å². The van der Waals surface area contributed by atoms with Crippen molar-refractivity contribution in [1.29, 1.82) is 0 Å². The predicted molar refractivity (Wildman–Crippen MR) is 104 cm³/mol. The third-order valence-corrected chi connectivity index (χ3v) is 4.50. The van der Waals surface area contributed by atoms with Crippen molar-refractivity contribution in [1.82, 2.24) is 5.32 Å². The fourth-order valence-corrected chi connectivity index (χ4v) is 3.01. The first-order valence-electron chi connectivity index (χ1n) is 7.95. The molecule has 1 amide bonds. The monoisotopic (exact) mass is 397 g/mol. The molecule has 0 aliphatic carbocycles. The van der Waals surface area contributed by atoms with Crippen LogP contribution < -0.4 is 5.32 Å². The highest BCUT2D eigenvalue weighted by Gasteiger charge is 2.08. The highest BCUT2D eigenvalue weighted by atomic mass is 79.9. The van der Waals surface area contributed by atoms with Gasteiger partial charge in [0.05, 0.1) is 6.04 Å². The molecule has 0 aromatic heterocycles. The van der Waals surface area contributed by atoms with Gasteiger partial charge in [-0.25, -0.2) is 4.39 Å². The molecule has 0 radical (unpaired) electrons. The van der Waals surface area contributed by atoms with Gasteiger partial charge < -0.3 is 5.32 Å². The van der Waals surface area contributed by atoms with Crippen LogP contribution in [0.5, 0.6) is 0 Å². The van der Waals surface area contributed by atoms with Crippen LogP contribution in [0.4, 0.5) is 4.39 Å². The smallest absolute Gasteiger partial charge is 0.244 e. The molecule has 3 aromatic rings. The molecule has 126 valence electrons. The summed E-state index contributed by atoms with van der Waals surface area (Å²) in [5.74, 6) is -0.630. The van der Waals surface area contributed by atoms with Gasteiger partial charge in [0.25, 0.3) is 0 Å². The molecule has 0 aliphatic heterocycles. The molecular weight excluding hydrogens is 381 g/mol. The molecule has 0 heterocycles. The molecule has 2 nitrogen and oxygen atoms in total. The molecule has 0 saturated carbocycles. The maximum Gasteiger partial charge on any atom is 0.244 e. The molecule has 25 heavy (non-hydrogen) atoms. The van der Waals surface area contributed by atoms with Crippen molar-refractivity contribution >= 4 is 38.7 Å². The van der Waals surface area contributed by atoms with Gasteiger partial charge in [-0.05, 0) is 53.6 Å². The van der Waals surface area contributed by atoms with Crippen LogP contribution in [-0.4, -0.2) is 5.91 Å². The summed E-state index contributed by atoms with van der Waals surface area (Å²) in [6.07, 6.45) is 2.82. The Kier molecular flexibility index (Phi) is 5.29. The van der Waals surface area contributed by atoms with E-state index in [-0.39, 0.29) is 17.8 Å². The normalized spacial score (nSPS) is 12.4. The Hall–Kier alpha value is -2.46. The topological polar surface area (TPSA) is 29.1 Å². The Balaban J connectivity index is 1.71. The molecule has 3 aromatic carbocycles. The van der Waals surface area contributed by atoms with Crippen LogP contribution >= 0.6 is 15.9 Å². The number of fused-ring (bicyclic) bond motifs is 1. The number of nitrogens with one attached hydrogen (secondary N) is 1. The number of benzene rings is 3. The summed E-state index contributed by atoms with van der Waals surface area (Å²) in [6, 6.07) is 18.7. The lowest BCUT2D eigenvalue weighted by atomic mass is 10.0. The predicted octanol–water partition coefficient (Wildman–Crippen LogP) is 5.63. The van der Waals surface area contributed by atoms with E-state index >= 15 is 0 Å². The van der Waals surface area contributed by atoms with E-state index in [1.54, 1.807) is 12.1 Å². The van der Waals surface area contributed by atoms with Crippen LogP contribution in [0.3, 0.4) is 0 Å². The van der Waals surface area contributed by atoms with E-state index in [0.717, 1.165) is 20.8 Å². The van der Waals surface area contributed by atoms with Gasteiger partial charge in [-0.15, -0.1) is 0 Å². The van der Waals surface area contributed by atoms with Crippen LogP contribution in [0.1, 0.15) is 24.1 Å². The Morgan fingerprint density at radius 2 is 1.84 bits per heavy atom. The fraction of sp³-hybridized carbons (Fsp3) is 0.0952. The van der Waals surface area contributed by atoms with E-state index in [4.69, 9.17) is 0 Å². The SMILES string of the molecule is CC(NC(=O)/C=C/c1cc(Br)ccc1F)c1ccc2ccccc2c1. The first kappa shape index (κ1) is 17.4. The zero-order chi connectivity index (χ0) is 17.8. The number of hydrogen-bond acceptors (Lipinski definition) is 1. The first-order chi connectivity index (χ1) is 12.0. The first-order valence-corrected chi connectivity index (χ1v) is 8.74. The second-order valence-corrected chi connectivity index (χ2v) is 6.75. The summed E-state index contributed by atoms with van der Waals surface area (Å²) in [4.78, 5) is 12.1. The molecule has 0 spiro atoms. The zero-order valence-electron chi connectivity index (χ0n) is 13.7. The van der Waals surface area contributed by atoms with Crippen LogP contribution in [0.25, 0.3) is 16.8 Å². The second-order valence-electron chi connectivity index (χ2n) is 5.84. The van der Waals surface area contributed by atoms with Crippen LogP contribution in [-0.2, 0) is 4.79 Å². The third-order valence-electron chi connectivity index (χ3n) is 4.00. The molecule has 0 aliphatic rings. The molecular formula is C21H17BrFNO. The van der Waals surface area contributed by atoms with Crippen molar-refractivity contribution in [3.8, 4) is 0 Å². The molecule has 0 saturated heterocycles. The minimum absolute atomic E-state index is 0.144. The van der Waals surface area contributed by atoms with Crippen molar-refractivity contribution in [3.63, 3.8) is 0 Å². The van der Waals surface area contributed by atoms with E-state index in [0.29, 0.717) is 5.56 Å². The van der Waals surface area contributed by atoms with Crippen molar-refractivity contribution in [2.24, 2.45) is 0 Å². The lowest BCUT2D eigenvalue weighted by molar-refractivity contribution is -0.117. The Bertz CT molecular complexity index is 952. The molecule has 1 N–H and O–H groups in total. The Labute approximate surface area is 154 Å². The number of carbonyl (C=O) groups is 1. The Morgan fingerprint density at radius 1 is 1.08 bits per heavy atom. The van der Waals surface area contributed by atoms with Gasteiger partial charge in [0.15, 0.2) is 0 Å². The molecule has 0 bridgehead atoms. The number of halogens is 2. The number of amides is 1. The van der Waals surface area contributed by atoms with Gasteiger partial charge in [-0.2, -0.15) is 0 Å². The maximum atomic E-state index is 13.7. The summed E-state index contributed by atoms with van der Waals surface area (Å²) in [7, 11) is 0. The molecule has 1 atom stereocenters. The standard InChI is InChI=1S/C21H17BrFNO/c1-14(16-7-6-15-4-2-3-5-17(15)12-16)24-21(25)11-8-18-13-19(22)9-10-20(18)23/h2-14H,1H3,(H,24,25)/b11-8+. The van der Waals surface area contributed by atoms with Crippen molar-refractivity contribution in [2.75, 3.05) is 0 Å². The highest BCUT2D eigenvalue weighted by molar-refractivity contribution is 9.10. The van der Waals surface area contributed by atoms with E-state index in [9.17, 15) is 9.18 Å². The number of carbonyl (C=O) groups excluding carboxylic acids is 1. The molecule has 3 rings (SSSR count). The average Bonchev–Trinajstić information content (AvgIpc) is 2.62. The summed E-state index contributed by atoms with van der Waals surface area (Å²) in [5.41, 5.74) is 1.39. The molecule has 4 heteroatoms. The summed E-state index contributed by atoms with van der Waals surface area (Å²) in [6.45, 7) is 1.93. The van der Waals surface area contributed by atoms with Crippen molar-refractivity contribution < 1.29 is 9.18 Å². The van der Waals surface area contributed by atoms with E-state index < -0.39 is 0 Å². The zero-order valence-corrected chi connectivity index (χ0v) is 15.3. The lowest BCUT2D eigenvalue weighted by Gasteiger charge is -2.14. The summed E-state index contributed by atoms with van der Waals surface area (Å²) < 4.78 is 14.5. The minimum Gasteiger partial charge on any atom is -0.346 e. The average molecular weight is 398 g/mol. The van der Waals surface area contributed by atoms with Gasteiger partial charge in [-0.1, -0.05) is 52.3 Å². The van der Waals surface area contributed by atoms with E-state index in [1.807, 2.05) is 37.3 Å². The van der Waals surface area contributed by atoms with E-state index in [1.165, 1.54) is 18.2 Å². The van der Waals surface area contributed by atoms with Crippen molar-refractivity contribution in [2.45, 2.75) is 13.0 Å². The van der Waals surface area contributed by atoms with Gasteiger partial charge in [0.1, 0.15) is 5.82 Å². The van der Waals surface area contributed by atoms with E-state index in [2.05, 4.69) is 33.4 Å². The van der Waals surface area contributed by atoms with Gasteiger partial charge >= 0.3 is 0 Å². The fourth-order valence-electron chi connectivity index (χ4n) is 2.63. The minimum atomic E-state index is -0.366. The lowest BCUT2D eigenvalue weighted by Crippen LogP contribution is -2.24. The second kappa shape index (κ2) is 7.62. The summed E-state index contributed by atoms with van der Waals surface area (Å²) >= 11 is 3.29. The number of hydrogen-bond donors (Lipinski definition) is 1. The van der Waals surface area contributed by atoms with Gasteiger partial charge in [-0.3, -0.25) is 4.79 Å². The molecule has 1 unspecified atom stereocenters. The number of rotatable bonds is 4. The van der Waals surface area contributed by atoms with Crippen molar-refractivity contribution in [3.05, 3.63) is 88.2 Å². The van der Waals surface area contributed by atoms with Crippen LogP contribution in [0.2, 0.25) is 0 Å². The largest absolute Gasteiger partial charge is 0.346 e. The van der Waals surface area contributed by atoms with Crippen LogP contribution in [0.15, 0.2) is 71.2 Å². The Morgan fingerprint density at radius 3 is 2.64 bits per heavy atom. The maximum absolute atomic E-state index is 13.7. The van der Waals surface area contributed by atoms with Gasteiger partial charge in [0.2, 0.25) is 5.91 Å². The highest BCUT2D eigenvalue weighted by Crippen LogP contribution is 2.20. The summed E-state index contributed by atoms with van der Waals surface area (Å²) in [5, 5.41) is 5.20. The van der Waals surface area contributed by atoms with Gasteiger partial charge in [0, 0.05) is 16.1 Å². The molecule has 0 fully saturated rings. The quantitative estimate of drug-likeness (QED) is 0.567.